The highest BCUT2D eigenvalue weighted by atomic mass is 16.5. The smallest absolute Gasteiger partial charge is 0.144 e. The molecule has 0 bridgehead atoms. The van der Waals surface area contributed by atoms with E-state index in [0.717, 1.165) is 32.5 Å². The zero-order chi connectivity index (χ0) is 9.97. The highest BCUT2D eigenvalue weighted by Crippen LogP contribution is 2.29. The standard InChI is InChI=1S/C11H18O3/c1-2-10-9(4-6-14-10)11(12)8-3-5-13-7-8/h8-10H,2-7H2,1H3. The predicted molar refractivity (Wildman–Crippen MR) is 52.1 cm³/mol. The van der Waals surface area contributed by atoms with E-state index in [9.17, 15) is 4.79 Å². The van der Waals surface area contributed by atoms with Crippen LogP contribution in [0.5, 0.6) is 0 Å². The molecule has 0 saturated carbocycles. The number of hydrogen-bond acceptors (Lipinski definition) is 3. The van der Waals surface area contributed by atoms with E-state index in [2.05, 4.69) is 6.92 Å². The molecule has 2 heterocycles. The second-order valence-electron chi connectivity index (χ2n) is 4.18. The van der Waals surface area contributed by atoms with Gasteiger partial charge >= 0.3 is 0 Å². The molecular formula is C11H18O3. The van der Waals surface area contributed by atoms with Crippen molar-refractivity contribution in [2.75, 3.05) is 19.8 Å². The molecule has 0 aromatic carbocycles. The summed E-state index contributed by atoms with van der Waals surface area (Å²) in [4.78, 5) is 12.1. The summed E-state index contributed by atoms with van der Waals surface area (Å²) in [6.45, 7) is 4.22. The van der Waals surface area contributed by atoms with Crippen LogP contribution in [-0.4, -0.2) is 31.7 Å². The third-order valence-electron chi connectivity index (χ3n) is 3.31. The second kappa shape index (κ2) is 4.41. The molecule has 2 rings (SSSR count). The van der Waals surface area contributed by atoms with Crippen LogP contribution >= 0.6 is 0 Å². The van der Waals surface area contributed by atoms with E-state index in [1.807, 2.05) is 0 Å². The minimum Gasteiger partial charge on any atom is -0.381 e. The molecule has 2 aliphatic rings. The fraction of sp³-hybridized carbons (Fsp3) is 0.909. The van der Waals surface area contributed by atoms with E-state index in [-0.39, 0.29) is 17.9 Å². The first kappa shape index (κ1) is 10.1. The van der Waals surface area contributed by atoms with Crippen molar-refractivity contribution in [3.63, 3.8) is 0 Å². The van der Waals surface area contributed by atoms with E-state index in [1.54, 1.807) is 0 Å². The number of carbonyl (C=O) groups is 1. The summed E-state index contributed by atoms with van der Waals surface area (Å²) in [7, 11) is 0. The summed E-state index contributed by atoms with van der Waals surface area (Å²) in [6, 6.07) is 0. The fourth-order valence-corrected chi connectivity index (χ4v) is 2.44. The van der Waals surface area contributed by atoms with E-state index in [4.69, 9.17) is 9.47 Å². The lowest BCUT2D eigenvalue weighted by Crippen LogP contribution is -2.29. The Bertz CT molecular complexity index is 209. The molecule has 0 aromatic heterocycles. The lowest BCUT2D eigenvalue weighted by Gasteiger charge is -2.18. The van der Waals surface area contributed by atoms with Gasteiger partial charge in [0.25, 0.3) is 0 Å². The van der Waals surface area contributed by atoms with Gasteiger partial charge in [0.1, 0.15) is 5.78 Å². The Balaban J connectivity index is 1.95. The number of ketones is 1. The third-order valence-corrected chi connectivity index (χ3v) is 3.31. The molecule has 3 nitrogen and oxygen atoms in total. The maximum Gasteiger partial charge on any atom is 0.144 e. The quantitative estimate of drug-likeness (QED) is 0.687. The molecule has 14 heavy (non-hydrogen) atoms. The zero-order valence-electron chi connectivity index (χ0n) is 8.70. The summed E-state index contributed by atoms with van der Waals surface area (Å²) in [5.41, 5.74) is 0. The van der Waals surface area contributed by atoms with Crippen molar-refractivity contribution in [3.05, 3.63) is 0 Å². The molecule has 3 heteroatoms. The summed E-state index contributed by atoms with van der Waals surface area (Å²) >= 11 is 0. The normalized spacial score (nSPS) is 37.6. The monoisotopic (exact) mass is 198 g/mol. The molecule has 2 saturated heterocycles. The Morgan fingerprint density at radius 2 is 2.21 bits per heavy atom. The van der Waals surface area contributed by atoms with Crippen molar-refractivity contribution < 1.29 is 14.3 Å². The SMILES string of the molecule is CCC1OCCC1C(=O)C1CCOC1. The van der Waals surface area contributed by atoms with Gasteiger partial charge in [-0.2, -0.15) is 0 Å². The van der Waals surface area contributed by atoms with Crippen molar-refractivity contribution in [1.29, 1.82) is 0 Å². The van der Waals surface area contributed by atoms with Crippen molar-refractivity contribution in [3.8, 4) is 0 Å². The Morgan fingerprint density at radius 3 is 2.86 bits per heavy atom. The predicted octanol–water partition coefficient (Wildman–Crippen LogP) is 1.41. The average molecular weight is 198 g/mol. The first-order chi connectivity index (χ1) is 6.83. The van der Waals surface area contributed by atoms with Crippen LogP contribution in [0.1, 0.15) is 26.2 Å². The van der Waals surface area contributed by atoms with Crippen LogP contribution in [0.25, 0.3) is 0 Å². The van der Waals surface area contributed by atoms with Gasteiger partial charge in [-0.25, -0.2) is 0 Å². The molecule has 3 unspecified atom stereocenters. The van der Waals surface area contributed by atoms with Gasteiger partial charge in [-0.15, -0.1) is 0 Å². The first-order valence-corrected chi connectivity index (χ1v) is 5.56. The highest BCUT2D eigenvalue weighted by molar-refractivity contribution is 5.84. The molecule has 2 aliphatic heterocycles. The molecular weight excluding hydrogens is 180 g/mol. The van der Waals surface area contributed by atoms with Crippen LogP contribution in [0.4, 0.5) is 0 Å². The van der Waals surface area contributed by atoms with Crippen LogP contribution in [-0.2, 0) is 14.3 Å². The highest BCUT2D eigenvalue weighted by Gasteiger charge is 2.37. The molecule has 0 radical (unpaired) electrons. The van der Waals surface area contributed by atoms with E-state index < -0.39 is 0 Å². The number of carbonyl (C=O) groups excluding carboxylic acids is 1. The molecule has 3 atom stereocenters. The maximum atomic E-state index is 12.1. The fourth-order valence-electron chi connectivity index (χ4n) is 2.44. The van der Waals surface area contributed by atoms with Crippen LogP contribution in [0.3, 0.4) is 0 Å². The minimum absolute atomic E-state index is 0.145. The lowest BCUT2D eigenvalue weighted by molar-refractivity contribution is -0.128. The lowest BCUT2D eigenvalue weighted by atomic mass is 9.87. The Kier molecular flexibility index (Phi) is 3.19. The summed E-state index contributed by atoms with van der Waals surface area (Å²) < 4.78 is 10.8. The Labute approximate surface area is 84.8 Å². The van der Waals surface area contributed by atoms with Crippen molar-refractivity contribution in [2.24, 2.45) is 11.8 Å². The van der Waals surface area contributed by atoms with Crippen LogP contribution in [0.2, 0.25) is 0 Å². The van der Waals surface area contributed by atoms with Gasteiger partial charge < -0.3 is 9.47 Å². The largest absolute Gasteiger partial charge is 0.381 e. The van der Waals surface area contributed by atoms with Crippen LogP contribution in [0.15, 0.2) is 0 Å². The summed E-state index contributed by atoms with van der Waals surface area (Å²) in [6.07, 6.45) is 2.94. The first-order valence-electron chi connectivity index (χ1n) is 5.56. The molecule has 2 fully saturated rings. The van der Waals surface area contributed by atoms with Crippen molar-refractivity contribution in [2.45, 2.75) is 32.3 Å². The Morgan fingerprint density at radius 1 is 1.36 bits per heavy atom. The topological polar surface area (TPSA) is 35.5 Å². The Hall–Kier alpha value is -0.410. The van der Waals surface area contributed by atoms with Crippen molar-refractivity contribution >= 4 is 5.78 Å². The van der Waals surface area contributed by atoms with Gasteiger partial charge in [-0.05, 0) is 19.3 Å². The summed E-state index contributed by atoms with van der Waals surface area (Å²) in [5.74, 6) is 0.675. The van der Waals surface area contributed by atoms with Gasteiger partial charge in [0, 0.05) is 25.0 Å². The number of rotatable bonds is 3. The van der Waals surface area contributed by atoms with Gasteiger partial charge in [0.2, 0.25) is 0 Å². The van der Waals surface area contributed by atoms with Gasteiger partial charge in [0.05, 0.1) is 12.7 Å². The van der Waals surface area contributed by atoms with E-state index in [1.165, 1.54) is 0 Å². The van der Waals surface area contributed by atoms with Gasteiger partial charge in [-0.3, -0.25) is 4.79 Å². The van der Waals surface area contributed by atoms with Gasteiger partial charge in [-0.1, -0.05) is 6.92 Å². The minimum atomic E-state index is 0.145. The van der Waals surface area contributed by atoms with Gasteiger partial charge in [0.15, 0.2) is 0 Å². The molecule has 0 aromatic rings. The summed E-state index contributed by atoms with van der Waals surface area (Å²) in [5, 5.41) is 0. The zero-order valence-corrected chi connectivity index (χ0v) is 8.70. The second-order valence-corrected chi connectivity index (χ2v) is 4.18. The van der Waals surface area contributed by atoms with Crippen LogP contribution in [0, 0.1) is 11.8 Å². The number of Topliss-reactive ketones (excluding diaryl/α,β-unsaturated/α-hetero) is 1. The maximum absolute atomic E-state index is 12.1. The molecule has 0 spiro atoms. The average Bonchev–Trinajstić information content (AvgIpc) is 2.87. The molecule has 0 amide bonds. The molecule has 0 N–H and O–H groups in total. The number of hydrogen-bond donors (Lipinski definition) is 0. The molecule has 80 valence electrons. The van der Waals surface area contributed by atoms with Crippen molar-refractivity contribution in [1.82, 2.24) is 0 Å². The van der Waals surface area contributed by atoms with E-state index in [0.29, 0.717) is 12.4 Å². The van der Waals surface area contributed by atoms with E-state index >= 15 is 0 Å². The molecule has 0 aliphatic carbocycles. The number of ether oxygens (including phenoxy) is 2. The van der Waals surface area contributed by atoms with Crippen LogP contribution < -0.4 is 0 Å². The third kappa shape index (κ3) is 1.84.